The molecule has 6 atom stereocenters. The van der Waals surface area contributed by atoms with E-state index in [1.165, 1.54) is 45.4 Å². The minimum absolute atomic E-state index is 0.00432. The number of carbonyl (C=O) groups is 7. The van der Waals surface area contributed by atoms with Crippen molar-refractivity contribution in [2.24, 2.45) is 0 Å². The maximum atomic E-state index is 14.2. The summed E-state index contributed by atoms with van der Waals surface area (Å²) in [6, 6.07) is 7.46. The Morgan fingerprint density at radius 3 is 2.12 bits per heavy atom. The molecule has 19 heteroatoms. The third kappa shape index (κ3) is 21.5. The first kappa shape index (κ1) is 57.4. The highest BCUT2D eigenvalue weighted by atomic mass is 16.6. The highest BCUT2D eigenvalue weighted by Crippen LogP contribution is 2.22. The van der Waals surface area contributed by atoms with Crippen LogP contribution in [-0.2, 0) is 39.9 Å². The van der Waals surface area contributed by atoms with Crippen LogP contribution in [0.15, 0.2) is 48.5 Å². The smallest absolute Gasteiger partial charge is 0.407 e. The summed E-state index contributed by atoms with van der Waals surface area (Å²) in [7, 11) is 1.17. The number of ether oxygens (including phenoxy) is 3. The van der Waals surface area contributed by atoms with Crippen LogP contribution in [0, 0.1) is 0 Å². The van der Waals surface area contributed by atoms with Crippen molar-refractivity contribution in [3.8, 4) is 11.5 Å². The molecule has 19 nitrogen and oxygen atoms in total. The van der Waals surface area contributed by atoms with Gasteiger partial charge in [-0.3, -0.25) is 24.0 Å². The van der Waals surface area contributed by atoms with Gasteiger partial charge >= 0.3 is 12.1 Å². The molecule has 1 aliphatic heterocycles. The number of β-amino-alcohol motifs (C(OH)–C–C–N with tert-alkyl or cyclic N) is 1. The van der Waals surface area contributed by atoms with E-state index in [0.717, 1.165) is 29.7 Å². The molecule has 0 unspecified atom stereocenters. The van der Waals surface area contributed by atoms with Crippen LogP contribution >= 0.6 is 0 Å². The fourth-order valence-corrected chi connectivity index (χ4v) is 7.58. The predicted octanol–water partition coefficient (Wildman–Crippen LogP) is 3.94. The van der Waals surface area contributed by atoms with Gasteiger partial charge in [-0.05, 0) is 115 Å². The Balaban J connectivity index is 1.69. The molecular formula is C50H76N6O13. The maximum Gasteiger partial charge on any atom is 0.407 e. The molecule has 0 spiro atoms. The Bertz CT molecular complexity index is 1940. The highest BCUT2D eigenvalue weighted by molar-refractivity contribution is 5.99. The Morgan fingerprint density at radius 1 is 0.797 bits per heavy atom. The number of amides is 6. The number of nitrogens with one attached hydrogen (secondary N) is 5. The first-order valence-electron chi connectivity index (χ1n) is 24.2. The van der Waals surface area contributed by atoms with Gasteiger partial charge in [0.15, 0.2) is 0 Å². The molecule has 0 saturated carbocycles. The van der Waals surface area contributed by atoms with Gasteiger partial charge in [-0.15, -0.1) is 0 Å². The van der Waals surface area contributed by atoms with Gasteiger partial charge in [-0.1, -0.05) is 51.2 Å². The number of benzene rings is 2. The molecular weight excluding hydrogens is 893 g/mol. The molecule has 1 fully saturated rings. The Hall–Kier alpha value is -5.95. The van der Waals surface area contributed by atoms with Crippen LogP contribution in [-0.4, -0.2) is 137 Å². The second kappa shape index (κ2) is 29.8. The molecule has 3 rings (SSSR count). The molecule has 8 N–H and O–H groups in total. The number of nitrogens with zero attached hydrogens (tertiary/aromatic N) is 1. The third-order valence-electron chi connectivity index (χ3n) is 11.4. The number of likely N-dealkylation sites (tertiary alicyclic amines) is 1. The van der Waals surface area contributed by atoms with Gasteiger partial charge in [0, 0.05) is 38.0 Å². The van der Waals surface area contributed by atoms with Crippen LogP contribution in [0.2, 0.25) is 0 Å². The highest BCUT2D eigenvalue weighted by Gasteiger charge is 2.44. The predicted molar refractivity (Wildman–Crippen MR) is 257 cm³/mol. The lowest BCUT2D eigenvalue weighted by Crippen LogP contribution is -2.60. The molecule has 1 heterocycles. The van der Waals surface area contributed by atoms with Crippen LogP contribution in [0.1, 0.15) is 134 Å². The first-order chi connectivity index (χ1) is 32.8. The minimum atomic E-state index is -1.63. The standard InChI is InChI=1S/C50H76N6O13/c1-7-8-9-10-11-14-30-68-38-25-21-35(22-26-38)44(61)53-39(16-15-29-51-42(60)17-12-13-28-52-49(66)69-50(3,4)5)45(62)55-43(33(2)57)47(64)56-32-37(59)31-41(56)46(63)54-40(48(65)67-6)27-20-34-18-23-36(58)24-19-34/h18-19,21-26,33,37,39-41,43,57-59H,7-17,20,27-32H2,1-6H3,(H,51,60)(H,52,66)(H,53,61)(H,54,63)(H,55,62)/t33-,37-,39+,40+,41+,43+/m1/s1. The number of unbranched alkanes of at least 4 members (excludes halogenated alkanes) is 6. The lowest BCUT2D eigenvalue weighted by molar-refractivity contribution is -0.147. The summed E-state index contributed by atoms with van der Waals surface area (Å²) in [6.45, 7) is 9.40. The molecule has 0 bridgehead atoms. The number of carbonyl (C=O) groups excluding carboxylic acids is 7. The van der Waals surface area contributed by atoms with Crippen molar-refractivity contribution in [2.45, 2.75) is 166 Å². The number of aryl methyl sites for hydroxylation is 1. The summed E-state index contributed by atoms with van der Waals surface area (Å²) in [4.78, 5) is 93.9. The molecule has 1 aliphatic rings. The summed E-state index contributed by atoms with van der Waals surface area (Å²) in [6.07, 6.45) is 5.15. The van der Waals surface area contributed by atoms with E-state index in [1.807, 2.05) is 0 Å². The normalized spacial score (nSPS) is 16.3. The number of hydrogen-bond donors (Lipinski definition) is 8. The van der Waals surface area contributed by atoms with E-state index in [2.05, 4.69) is 33.5 Å². The van der Waals surface area contributed by atoms with Crippen molar-refractivity contribution >= 4 is 41.6 Å². The van der Waals surface area contributed by atoms with Crippen molar-refractivity contribution < 1.29 is 63.1 Å². The molecule has 6 amide bonds. The Kier molecular flexibility index (Phi) is 24.8. The SMILES string of the molecule is CCCCCCCCOc1ccc(C(=O)N[C@@H](CCCNC(=O)CCCCNC(=O)OC(C)(C)C)C(=O)N[C@H](C(=O)N2C[C@H](O)C[C@H]2C(=O)N[C@@H](CCc2ccc(O)cc2)C(=O)OC)[C@@H](C)O)cc1. The number of phenolic OH excluding ortho intramolecular Hbond substituents is 1. The Morgan fingerprint density at radius 2 is 1.46 bits per heavy atom. The average molecular weight is 969 g/mol. The monoisotopic (exact) mass is 969 g/mol. The number of hydrogen-bond acceptors (Lipinski definition) is 13. The van der Waals surface area contributed by atoms with E-state index >= 15 is 0 Å². The summed E-state index contributed by atoms with van der Waals surface area (Å²) in [5, 5.41) is 44.6. The topological polar surface area (TPSA) is 271 Å². The number of alkyl carbamates (subject to hydrolysis) is 1. The quantitative estimate of drug-likeness (QED) is 0.0425. The van der Waals surface area contributed by atoms with Crippen LogP contribution in [0.5, 0.6) is 11.5 Å². The summed E-state index contributed by atoms with van der Waals surface area (Å²) in [5.41, 5.74) is 0.374. The molecule has 0 radical (unpaired) electrons. The number of aromatic hydroxyl groups is 1. The van der Waals surface area contributed by atoms with Crippen LogP contribution in [0.3, 0.4) is 0 Å². The van der Waals surface area contributed by atoms with Gasteiger partial charge in [-0.25, -0.2) is 9.59 Å². The van der Waals surface area contributed by atoms with Crippen molar-refractivity contribution in [1.29, 1.82) is 0 Å². The largest absolute Gasteiger partial charge is 0.508 e. The average Bonchev–Trinajstić information content (AvgIpc) is 3.71. The van der Waals surface area contributed by atoms with Crippen LogP contribution in [0.4, 0.5) is 4.79 Å². The van der Waals surface area contributed by atoms with E-state index < -0.39 is 77.7 Å². The van der Waals surface area contributed by atoms with E-state index in [-0.39, 0.29) is 62.4 Å². The number of aliphatic hydroxyl groups is 2. The summed E-state index contributed by atoms with van der Waals surface area (Å²) >= 11 is 0. The van der Waals surface area contributed by atoms with Crippen molar-refractivity contribution in [1.82, 2.24) is 31.5 Å². The Labute approximate surface area is 406 Å². The fourth-order valence-electron chi connectivity index (χ4n) is 7.58. The molecule has 69 heavy (non-hydrogen) atoms. The maximum absolute atomic E-state index is 14.2. The van der Waals surface area contributed by atoms with Gasteiger partial charge in [0.1, 0.15) is 41.3 Å². The molecule has 2 aromatic rings. The van der Waals surface area contributed by atoms with Gasteiger partial charge < -0.3 is 61.0 Å². The number of esters is 1. The van der Waals surface area contributed by atoms with E-state index in [4.69, 9.17) is 14.2 Å². The van der Waals surface area contributed by atoms with Gasteiger partial charge in [0.05, 0.1) is 25.9 Å². The summed E-state index contributed by atoms with van der Waals surface area (Å²) in [5.74, 6) is -3.43. The summed E-state index contributed by atoms with van der Waals surface area (Å²) < 4.78 is 16.0. The van der Waals surface area contributed by atoms with Crippen LogP contribution in [0.25, 0.3) is 0 Å². The lowest BCUT2D eigenvalue weighted by atomic mass is 10.0. The molecule has 1 saturated heterocycles. The first-order valence-corrected chi connectivity index (χ1v) is 24.2. The molecule has 0 aliphatic carbocycles. The van der Waals surface area contributed by atoms with Gasteiger partial charge in [-0.2, -0.15) is 0 Å². The van der Waals surface area contributed by atoms with Gasteiger partial charge in [0.2, 0.25) is 23.6 Å². The molecule has 0 aromatic heterocycles. The number of methoxy groups -OCH3 is 1. The zero-order chi connectivity index (χ0) is 50.9. The lowest BCUT2D eigenvalue weighted by Gasteiger charge is -2.31. The zero-order valence-electron chi connectivity index (χ0n) is 41.2. The zero-order valence-corrected chi connectivity index (χ0v) is 41.2. The molecule has 384 valence electrons. The van der Waals surface area contributed by atoms with Crippen molar-refractivity contribution in [3.63, 3.8) is 0 Å². The van der Waals surface area contributed by atoms with Gasteiger partial charge in [0.25, 0.3) is 5.91 Å². The van der Waals surface area contributed by atoms with E-state index in [9.17, 15) is 48.9 Å². The third-order valence-corrected chi connectivity index (χ3v) is 11.4. The second-order valence-electron chi connectivity index (χ2n) is 18.5. The van der Waals surface area contributed by atoms with Crippen LogP contribution < -0.4 is 31.3 Å². The second-order valence-corrected chi connectivity index (χ2v) is 18.5. The van der Waals surface area contributed by atoms with Crippen molar-refractivity contribution in [3.05, 3.63) is 59.7 Å². The van der Waals surface area contributed by atoms with Crippen molar-refractivity contribution in [2.75, 3.05) is 33.4 Å². The fraction of sp³-hybridized carbons (Fsp3) is 0.620. The molecule has 2 aromatic carbocycles. The number of phenols is 1. The van der Waals surface area contributed by atoms with E-state index in [0.29, 0.717) is 38.2 Å². The van der Waals surface area contributed by atoms with E-state index in [1.54, 1.807) is 57.2 Å². The number of rotatable bonds is 29. The number of aliphatic hydroxyl groups excluding tert-OH is 2. The minimum Gasteiger partial charge on any atom is -0.508 e.